The van der Waals surface area contributed by atoms with E-state index >= 15 is 0 Å². The first-order valence-corrected chi connectivity index (χ1v) is 6.40. The highest BCUT2D eigenvalue weighted by Crippen LogP contribution is 2.18. The van der Waals surface area contributed by atoms with Gasteiger partial charge in [-0.3, -0.25) is 4.68 Å². The van der Waals surface area contributed by atoms with Crippen molar-refractivity contribution in [3.05, 3.63) is 18.0 Å². The normalized spacial score (nSPS) is 22.0. The van der Waals surface area contributed by atoms with Crippen LogP contribution in [0.2, 0.25) is 0 Å². The van der Waals surface area contributed by atoms with Gasteiger partial charge in [-0.05, 0) is 12.0 Å². The Labute approximate surface area is 116 Å². The third kappa shape index (κ3) is 3.27. The molecule has 20 heavy (non-hydrogen) atoms. The molecule has 1 aromatic heterocycles. The maximum atomic E-state index is 11.9. The third-order valence-corrected chi connectivity index (χ3v) is 3.27. The molecule has 1 saturated heterocycles. The van der Waals surface area contributed by atoms with Gasteiger partial charge in [-0.2, -0.15) is 5.10 Å². The minimum Gasteiger partial charge on any atom is -0.480 e. The third-order valence-electron chi connectivity index (χ3n) is 3.27. The molecule has 0 bridgehead atoms. The van der Waals surface area contributed by atoms with Crippen molar-refractivity contribution in [2.24, 2.45) is 7.05 Å². The molecule has 1 aromatic rings. The molecule has 1 aliphatic heterocycles. The van der Waals surface area contributed by atoms with Crippen molar-refractivity contribution in [3.63, 3.8) is 0 Å². The Bertz CT molecular complexity index is 501. The predicted molar refractivity (Wildman–Crippen MR) is 69.1 cm³/mol. The number of carboxylic acids is 1. The van der Waals surface area contributed by atoms with Gasteiger partial charge in [0.2, 0.25) is 0 Å². The molecule has 2 rings (SSSR count). The lowest BCUT2D eigenvalue weighted by molar-refractivity contribution is -0.141. The lowest BCUT2D eigenvalue weighted by Gasteiger charge is -2.21. The molecule has 8 nitrogen and oxygen atoms in total. The van der Waals surface area contributed by atoms with E-state index < -0.39 is 24.1 Å². The van der Waals surface area contributed by atoms with Crippen LogP contribution < -0.4 is 5.32 Å². The topological polar surface area (TPSA) is 108 Å². The van der Waals surface area contributed by atoms with Gasteiger partial charge in [0.05, 0.1) is 12.3 Å². The van der Waals surface area contributed by atoms with E-state index in [0.717, 1.165) is 10.5 Å². The Balaban J connectivity index is 1.83. The second kappa shape index (κ2) is 5.91. The highest BCUT2D eigenvalue weighted by atomic mass is 16.4. The summed E-state index contributed by atoms with van der Waals surface area (Å²) in [5.41, 5.74) is 0.990. The molecule has 2 atom stereocenters. The summed E-state index contributed by atoms with van der Waals surface area (Å²) in [5, 5.41) is 25.2. The predicted octanol–water partition coefficient (Wildman–Crippen LogP) is -0.808. The number of likely N-dealkylation sites (tertiary alicyclic amines) is 1. The highest BCUT2D eigenvalue weighted by Gasteiger charge is 2.38. The van der Waals surface area contributed by atoms with Crippen molar-refractivity contribution in [3.8, 4) is 0 Å². The molecule has 1 aliphatic rings. The van der Waals surface area contributed by atoms with Crippen LogP contribution in [0.3, 0.4) is 0 Å². The van der Waals surface area contributed by atoms with Crippen LogP contribution >= 0.6 is 0 Å². The monoisotopic (exact) mass is 282 g/mol. The van der Waals surface area contributed by atoms with Crippen molar-refractivity contribution in [2.75, 3.05) is 13.1 Å². The van der Waals surface area contributed by atoms with Gasteiger partial charge in [0.25, 0.3) is 0 Å². The number of hydrogen-bond acceptors (Lipinski definition) is 4. The summed E-state index contributed by atoms with van der Waals surface area (Å²) >= 11 is 0. The van der Waals surface area contributed by atoms with E-state index in [4.69, 9.17) is 5.11 Å². The number of hydrogen-bond donors (Lipinski definition) is 3. The van der Waals surface area contributed by atoms with Crippen LogP contribution in [0.4, 0.5) is 4.79 Å². The zero-order valence-electron chi connectivity index (χ0n) is 11.2. The first-order valence-electron chi connectivity index (χ1n) is 6.40. The van der Waals surface area contributed by atoms with Crippen LogP contribution in [0, 0.1) is 0 Å². The number of urea groups is 1. The Morgan fingerprint density at radius 3 is 2.90 bits per heavy atom. The van der Waals surface area contributed by atoms with Crippen LogP contribution in [0.5, 0.6) is 0 Å². The summed E-state index contributed by atoms with van der Waals surface area (Å²) < 4.78 is 1.68. The Morgan fingerprint density at radius 2 is 2.30 bits per heavy atom. The Kier molecular flexibility index (Phi) is 4.23. The van der Waals surface area contributed by atoms with Gasteiger partial charge < -0.3 is 20.4 Å². The van der Waals surface area contributed by atoms with Crippen LogP contribution in [0.25, 0.3) is 0 Å². The number of carbonyl (C=O) groups is 2. The van der Waals surface area contributed by atoms with Gasteiger partial charge >= 0.3 is 12.0 Å². The van der Waals surface area contributed by atoms with Crippen LogP contribution in [0.1, 0.15) is 12.0 Å². The van der Waals surface area contributed by atoms with Crippen molar-refractivity contribution in [1.29, 1.82) is 0 Å². The number of carbonyl (C=O) groups excluding carboxylic acids is 1. The maximum absolute atomic E-state index is 11.9. The van der Waals surface area contributed by atoms with Crippen molar-refractivity contribution < 1.29 is 19.8 Å². The van der Waals surface area contributed by atoms with Crippen LogP contribution in [-0.4, -0.2) is 62.1 Å². The van der Waals surface area contributed by atoms with Gasteiger partial charge in [-0.1, -0.05) is 0 Å². The summed E-state index contributed by atoms with van der Waals surface area (Å²) in [6.07, 6.45) is 3.48. The SMILES string of the molecule is Cn1cc(CCNC(=O)N2CC(O)C[C@H]2C(=O)O)cn1. The number of carboxylic acid groups (broad SMARTS) is 1. The first kappa shape index (κ1) is 14.3. The fourth-order valence-corrected chi connectivity index (χ4v) is 2.29. The summed E-state index contributed by atoms with van der Waals surface area (Å²) in [5.74, 6) is -1.09. The number of nitrogens with one attached hydrogen (secondary N) is 1. The number of aryl methyl sites for hydroxylation is 1. The number of aliphatic hydroxyl groups is 1. The number of aliphatic hydroxyl groups excluding tert-OH is 1. The van der Waals surface area contributed by atoms with Crippen molar-refractivity contribution in [1.82, 2.24) is 20.0 Å². The molecule has 0 aromatic carbocycles. The van der Waals surface area contributed by atoms with Gasteiger partial charge in [-0.15, -0.1) is 0 Å². The molecule has 2 heterocycles. The van der Waals surface area contributed by atoms with Gasteiger partial charge in [0, 0.05) is 32.8 Å². The highest BCUT2D eigenvalue weighted by molar-refractivity contribution is 5.83. The molecule has 0 saturated carbocycles. The van der Waals surface area contributed by atoms with E-state index in [1.165, 1.54) is 0 Å². The summed E-state index contributed by atoms with van der Waals surface area (Å²) in [7, 11) is 1.81. The van der Waals surface area contributed by atoms with E-state index in [9.17, 15) is 14.7 Å². The number of β-amino-alcohol motifs (C(OH)–C–C–N with tert-alkyl or cyclic N) is 1. The molecule has 8 heteroatoms. The number of nitrogens with zero attached hydrogens (tertiary/aromatic N) is 3. The molecule has 0 spiro atoms. The number of rotatable bonds is 4. The summed E-state index contributed by atoms with van der Waals surface area (Å²) in [4.78, 5) is 24.1. The average molecular weight is 282 g/mol. The smallest absolute Gasteiger partial charge is 0.326 e. The number of aromatic nitrogens is 2. The number of aliphatic carboxylic acids is 1. The average Bonchev–Trinajstić information content (AvgIpc) is 2.95. The lowest BCUT2D eigenvalue weighted by Crippen LogP contribution is -2.46. The fraction of sp³-hybridized carbons (Fsp3) is 0.583. The van der Waals surface area contributed by atoms with E-state index in [1.54, 1.807) is 10.9 Å². The minimum absolute atomic E-state index is 0.0513. The van der Waals surface area contributed by atoms with E-state index in [-0.39, 0.29) is 13.0 Å². The maximum Gasteiger partial charge on any atom is 0.326 e. The molecular weight excluding hydrogens is 264 g/mol. The molecule has 110 valence electrons. The molecule has 3 N–H and O–H groups in total. The quantitative estimate of drug-likeness (QED) is 0.669. The van der Waals surface area contributed by atoms with Crippen molar-refractivity contribution in [2.45, 2.75) is 25.0 Å². The molecule has 1 fully saturated rings. The first-order chi connectivity index (χ1) is 9.47. The van der Waals surface area contributed by atoms with Gasteiger partial charge in [-0.25, -0.2) is 9.59 Å². The summed E-state index contributed by atoms with van der Waals surface area (Å²) in [6, 6.07) is -1.42. The molecule has 1 unspecified atom stereocenters. The summed E-state index contributed by atoms with van der Waals surface area (Å²) in [6.45, 7) is 0.444. The molecule has 2 amide bonds. The Morgan fingerprint density at radius 1 is 1.55 bits per heavy atom. The zero-order valence-corrected chi connectivity index (χ0v) is 11.2. The van der Waals surface area contributed by atoms with Gasteiger partial charge in [0.1, 0.15) is 6.04 Å². The second-order valence-corrected chi connectivity index (χ2v) is 4.90. The largest absolute Gasteiger partial charge is 0.480 e. The van der Waals surface area contributed by atoms with Crippen molar-refractivity contribution >= 4 is 12.0 Å². The lowest BCUT2D eigenvalue weighted by atomic mass is 10.2. The van der Waals surface area contributed by atoms with E-state index in [1.807, 2.05) is 13.2 Å². The van der Waals surface area contributed by atoms with E-state index in [0.29, 0.717) is 13.0 Å². The van der Waals surface area contributed by atoms with E-state index in [2.05, 4.69) is 10.4 Å². The Hall–Kier alpha value is -2.09. The second-order valence-electron chi connectivity index (χ2n) is 4.90. The zero-order chi connectivity index (χ0) is 14.7. The molecule has 0 aliphatic carbocycles. The van der Waals surface area contributed by atoms with Gasteiger partial charge in [0.15, 0.2) is 0 Å². The molecule has 0 radical (unpaired) electrons. The van der Waals surface area contributed by atoms with Crippen LogP contribution in [0.15, 0.2) is 12.4 Å². The standard InChI is InChI=1S/C12H18N4O4/c1-15-6-8(5-14-15)2-3-13-12(20)16-7-9(17)4-10(16)11(18)19/h5-6,9-10,17H,2-4,7H2,1H3,(H,13,20)(H,18,19)/t9?,10-/m0/s1. The molecular formula is C12H18N4O4. The number of amides is 2. The van der Waals surface area contributed by atoms with Crippen LogP contribution in [-0.2, 0) is 18.3 Å². The fourth-order valence-electron chi connectivity index (χ4n) is 2.29. The minimum atomic E-state index is -1.09.